The highest BCUT2D eigenvalue weighted by Crippen LogP contribution is 2.40. The van der Waals surface area contributed by atoms with Gasteiger partial charge in [0.05, 0.1) is 0 Å². The summed E-state index contributed by atoms with van der Waals surface area (Å²) in [5.41, 5.74) is 7.67. The molecule has 1 nitrogen and oxygen atoms in total. The number of rotatable bonds is 3. The Morgan fingerprint density at radius 3 is 2.75 bits per heavy atom. The van der Waals surface area contributed by atoms with E-state index in [-0.39, 0.29) is 4.75 Å². The van der Waals surface area contributed by atoms with E-state index in [1.807, 2.05) is 11.8 Å². The average Bonchev–Trinajstić information content (AvgIpc) is 2.32. The summed E-state index contributed by atoms with van der Waals surface area (Å²) in [4.78, 5) is 0. The molecular formula is C14H21NS. The Bertz CT molecular complexity index is 325. The van der Waals surface area contributed by atoms with E-state index in [0.29, 0.717) is 6.04 Å². The van der Waals surface area contributed by atoms with Gasteiger partial charge in [-0.3, -0.25) is 0 Å². The Morgan fingerprint density at radius 2 is 2.06 bits per heavy atom. The third kappa shape index (κ3) is 2.80. The van der Waals surface area contributed by atoms with E-state index in [4.69, 9.17) is 5.73 Å². The molecule has 16 heavy (non-hydrogen) atoms. The minimum absolute atomic E-state index is 0.286. The Hall–Kier alpha value is -0.470. The van der Waals surface area contributed by atoms with Crippen molar-refractivity contribution >= 4 is 11.8 Å². The molecule has 0 saturated heterocycles. The van der Waals surface area contributed by atoms with Crippen molar-refractivity contribution in [3.8, 4) is 0 Å². The number of nitrogens with two attached hydrogens (primary N) is 1. The van der Waals surface area contributed by atoms with Crippen molar-refractivity contribution < 1.29 is 0 Å². The van der Waals surface area contributed by atoms with Crippen molar-refractivity contribution in [2.75, 3.05) is 0 Å². The lowest BCUT2D eigenvalue weighted by atomic mass is 9.86. The number of thioether (sulfide) groups is 1. The maximum Gasteiger partial charge on any atom is 0.0286 e. The van der Waals surface area contributed by atoms with Crippen LogP contribution >= 0.6 is 11.8 Å². The van der Waals surface area contributed by atoms with Crippen molar-refractivity contribution in [3.63, 3.8) is 0 Å². The van der Waals surface area contributed by atoms with Gasteiger partial charge in [-0.25, -0.2) is 0 Å². The molecule has 2 atom stereocenters. The Morgan fingerprint density at radius 1 is 1.31 bits per heavy atom. The van der Waals surface area contributed by atoms with Crippen LogP contribution in [0, 0.1) is 0 Å². The highest BCUT2D eigenvalue weighted by Gasteiger charge is 2.34. The quantitative estimate of drug-likeness (QED) is 0.866. The predicted molar refractivity (Wildman–Crippen MR) is 72.6 cm³/mol. The van der Waals surface area contributed by atoms with Crippen molar-refractivity contribution in [1.29, 1.82) is 0 Å². The van der Waals surface area contributed by atoms with Crippen LogP contribution in [0.3, 0.4) is 0 Å². The van der Waals surface area contributed by atoms with E-state index in [1.165, 1.54) is 31.2 Å². The number of hydrogen-bond acceptors (Lipinski definition) is 2. The number of benzene rings is 1. The van der Waals surface area contributed by atoms with Crippen molar-refractivity contribution in [2.24, 2.45) is 5.73 Å². The van der Waals surface area contributed by atoms with Crippen LogP contribution in [0.2, 0.25) is 0 Å². The van der Waals surface area contributed by atoms with Crippen LogP contribution < -0.4 is 5.73 Å². The van der Waals surface area contributed by atoms with E-state index in [0.717, 1.165) is 5.75 Å². The fourth-order valence-corrected chi connectivity index (χ4v) is 3.64. The smallest absolute Gasteiger partial charge is 0.0286 e. The fourth-order valence-electron chi connectivity index (χ4n) is 2.33. The number of hydrogen-bond donors (Lipinski definition) is 1. The molecule has 0 bridgehead atoms. The van der Waals surface area contributed by atoms with Gasteiger partial charge in [0.25, 0.3) is 0 Å². The van der Waals surface area contributed by atoms with Gasteiger partial charge >= 0.3 is 0 Å². The molecule has 88 valence electrons. The first kappa shape index (κ1) is 12.0. The summed E-state index contributed by atoms with van der Waals surface area (Å²) in [7, 11) is 0. The van der Waals surface area contributed by atoms with E-state index >= 15 is 0 Å². The summed E-state index contributed by atoms with van der Waals surface area (Å²) >= 11 is 2.04. The van der Waals surface area contributed by atoms with Crippen LogP contribution in [0.25, 0.3) is 0 Å². The van der Waals surface area contributed by atoms with Gasteiger partial charge < -0.3 is 5.73 Å². The third-order valence-corrected chi connectivity index (χ3v) is 5.28. The van der Waals surface area contributed by atoms with Gasteiger partial charge in [0.15, 0.2) is 0 Å². The van der Waals surface area contributed by atoms with E-state index in [1.54, 1.807) is 0 Å². The van der Waals surface area contributed by atoms with Crippen LogP contribution in [-0.2, 0) is 5.75 Å². The molecule has 1 aliphatic carbocycles. The second kappa shape index (κ2) is 5.24. The molecule has 2 heteroatoms. The van der Waals surface area contributed by atoms with E-state index in [9.17, 15) is 0 Å². The summed E-state index contributed by atoms with van der Waals surface area (Å²) in [5.74, 6) is 1.09. The van der Waals surface area contributed by atoms with Gasteiger partial charge in [-0.15, -0.1) is 11.8 Å². The third-order valence-electron chi connectivity index (χ3n) is 3.63. The lowest BCUT2D eigenvalue weighted by Gasteiger charge is -2.39. The SMILES string of the molecule is CC1(SCc2ccccc2)CCCCC1N. The molecule has 0 radical (unpaired) electrons. The molecule has 1 aliphatic rings. The van der Waals surface area contributed by atoms with E-state index < -0.39 is 0 Å². The normalized spacial score (nSPS) is 30.2. The van der Waals surface area contributed by atoms with Gasteiger partial charge in [0.1, 0.15) is 0 Å². The molecule has 0 amide bonds. The Labute approximate surface area is 103 Å². The van der Waals surface area contributed by atoms with Gasteiger partial charge in [0, 0.05) is 16.5 Å². The second-order valence-corrected chi connectivity index (χ2v) is 6.45. The van der Waals surface area contributed by atoms with Gasteiger partial charge in [0.2, 0.25) is 0 Å². The lowest BCUT2D eigenvalue weighted by Crippen LogP contribution is -2.45. The molecule has 2 rings (SSSR count). The molecular weight excluding hydrogens is 214 g/mol. The zero-order valence-corrected chi connectivity index (χ0v) is 10.8. The maximum atomic E-state index is 6.26. The first-order valence-electron chi connectivity index (χ1n) is 6.14. The molecule has 1 fully saturated rings. The first-order valence-corrected chi connectivity index (χ1v) is 7.13. The minimum Gasteiger partial charge on any atom is -0.326 e. The Kier molecular flexibility index (Phi) is 3.93. The second-order valence-electron chi connectivity index (χ2n) is 4.94. The molecule has 2 unspecified atom stereocenters. The molecule has 1 aromatic rings. The fraction of sp³-hybridized carbons (Fsp3) is 0.571. The Balaban J connectivity index is 1.93. The monoisotopic (exact) mass is 235 g/mol. The van der Waals surface area contributed by atoms with Gasteiger partial charge in [-0.05, 0) is 25.3 Å². The van der Waals surface area contributed by atoms with E-state index in [2.05, 4.69) is 37.3 Å². The lowest BCUT2D eigenvalue weighted by molar-refractivity contribution is 0.366. The zero-order valence-electron chi connectivity index (χ0n) is 9.99. The van der Waals surface area contributed by atoms with Crippen LogP contribution in [0.4, 0.5) is 0 Å². The summed E-state index contributed by atoms with van der Waals surface area (Å²) in [6.45, 7) is 2.34. The van der Waals surface area contributed by atoms with Crippen LogP contribution in [0.1, 0.15) is 38.2 Å². The van der Waals surface area contributed by atoms with Crippen LogP contribution in [0.15, 0.2) is 30.3 Å². The molecule has 1 aromatic carbocycles. The molecule has 2 N–H and O–H groups in total. The minimum atomic E-state index is 0.286. The van der Waals surface area contributed by atoms with Crippen molar-refractivity contribution in [3.05, 3.63) is 35.9 Å². The van der Waals surface area contributed by atoms with Crippen LogP contribution in [-0.4, -0.2) is 10.8 Å². The maximum absolute atomic E-state index is 6.26. The van der Waals surface area contributed by atoms with Gasteiger partial charge in [-0.2, -0.15) is 0 Å². The highest BCUT2D eigenvalue weighted by molar-refractivity contribution is 7.99. The standard InChI is InChI=1S/C14H21NS/c1-14(10-6-5-9-13(14)15)16-11-12-7-3-2-4-8-12/h2-4,7-8,13H,5-6,9-11,15H2,1H3. The molecule has 0 spiro atoms. The topological polar surface area (TPSA) is 26.0 Å². The van der Waals surface area contributed by atoms with Crippen molar-refractivity contribution in [2.45, 2.75) is 49.1 Å². The average molecular weight is 235 g/mol. The first-order chi connectivity index (χ1) is 7.71. The molecule has 0 heterocycles. The molecule has 1 saturated carbocycles. The summed E-state index contributed by atoms with van der Waals surface area (Å²) in [5, 5.41) is 0. The summed E-state index contributed by atoms with van der Waals surface area (Å²) in [6, 6.07) is 11.1. The van der Waals surface area contributed by atoms with Crippen LogP contribution in [0.5, 0.6) is 0 Å². The molecule has 0 aromatic heterocycles. The predicted octanol–water partition coefficient (Wildman–Crippen LogP) is 3.58. The summed E-state index contributed by atoms with van der Waals surface area (Å²) < 4.78 is 0.286. The highest BCUT2D eigenvalue weighted by atomic mass is 32.2. The largest absolute Gasteiger partial charge is 0.326 e. The molecule has 0 aliphatic heterocycles. The zero-order chi connectivity index (χ0) is 11.4. The summed E-state index contributed by atoms with van der Waals surface area (Å²) in [6.07, 6.45) is 5.11. The van der Waals surface area contributed by atoms with Crippen molar-refractivity contribution in [1.82, 2.24) is 0 Å². The van der Waals surface area contributed by atoms with Gasteiger partial charge in [-0.1, -0.05) is 43.2 Å².